The number of carbonyl (C=O) groups is 1. The minimum Gasteiger partial charge on any atom is -0.369 e. The van der Waals surface area contributed by atoms with Crippen molar-refractivity contribution in [3.8, 4) is 0 Å². The molecular formula is C10H10BrF3N4O. The molecule has 1 aromatic rings. The summed E-state index contributed by atoms with van der Waals surface area (Å²) < 4.78 is 39.1. The van der Waals surface area contributed by atoms with Crippen molar-refractivity contribution in [1.29, 1.82) is 0 Å². The monoisotopic (exact) mass is 338 g/mol. The zero-order valence-electron chi connectivity index (χ0n) is 9.56. The van der Waals surface area contributed by atoms with Crippen LogP contribution in [0.1, 0.15) is 0 Å². The molecule has 2 N–H and O–H groups in total. The summed E-state index contributed by atoms with van der Waals surface area (Å²) in [6.07, 6.45) is -1.60. The summed E-state index contributed by atoms with van der Waals surface area (Å²) in [6.45, 7) is -0.486. The Morgan fingerprint density at radius 3 is 2.37 bits per heavy atom. The van der Waals surface area contributed by atoms with Crippen LogP contribution in [0, 0.1) is 11.8 Å². The number of halogens is 4. The maximum absolute atomic E-state index is 12.8. The van der Waals surface area contributed by atoms with E-state index in [1.54, 1.807) is 0 Å². The molecule has 0 saturated carbocycles. The van der Waals surface area contributed by atoms with Crippen LogP contribution in [0.4, 0.5) is 19.1 Å². The van der Waals surface area contributed by atoms with Gasteiger partial charge in [0.2, 0.25) is 11.9 Å². The molecule has 2 heterocycles. The average Bonchev–Trinajstić information content (AvgIpc) is 2.74. The summed E-state index contributed by atoms with van der Waals surface area (Å²) in [7, 11) is 0. The third-order valence-electron chi connectivity index (χ3n) is 3.00. The lowest BCUT2D eigenvalue weighted by Gasteiger charge is -2.18. The molecule has 1 saturated heterocycles. The van der Waals surface area contributed by atoms with Crippen LogP contribution in [0.2, 0.25) is 0 Å². The normalized spacial score (nSPS) is 23.7. The summed E-state index contributed by atoms with van der Waals surface area (Å²) in [4.78, 5) is 20.3. The molecule has 0 bridgehead atoms. The van der Waals surface area contributed by atoms with Crippen molar-refractivity contribution in [3.63, 3.8) is 0 Å². The van der Waals surface area contributed by atoms with Gasteiger partial charge in [-0.25, -0.2) is 9.97 Å². The zero-order valence-corrected chi connectivity index (χ0v) is 11.1. The fraction of sp³-hybridized carbons (Fsp3) is 0.500. The summed E-state index contributed by atoms with van der Waals surface area (Å²) >= 11 is 3.14. The van der Waals surface area contributed by atoms with Crippen LogP contribution >= 0.6 is 15.9 Å². The molecule has 0 radical (unpaired) electrons. The first-order valence-electron chi connectivity index (χ1n) is 5.37. The van der Waals surface area contributed by atoms with Gasteiger partial charge in [0.1, 0.15) is 0 Å². The van der Waals surface area contributed by atoms with Gasteiger partial charge < -0.3 is 10.6 Å². The summed E-state index contributed by atoms with van der Waals surface area (Å²) in [5.74, 6) is -3.85. The first kappa shape index (κ1) is 14.0. The maximum atomic E-state index is 12.8. The Hall–Kier alpha value is -1.38. The van der Waals surface area contributed by atoms with Crippen molar-refractivity contribution < 1.29 is 18.0 Å². The predicted molar refractivity (Wildman–Crippen MR) is 64.2 cm³/mol. The van der Waals surface area contributed by atoms with Crippen molar-refractivity contribution in [2.45, 2.75) is 6.18 Å². The second kappa shape index (κ2) is 4.95. The molecule has 2 rings (SSSR count). The van der Waals surface area contributed by atoms with Crippen molar-refractivity contribution in [2.24, 2.45) is 17.6 Å². The Labute approximate surface area is 115 Å². The number of alkyl halides is 3. The lowest BCUT2D eigenvalue weighted by Crippen LogP contribution is -2.37. The number of rotatable bonds is 2. The van der Waals surface area contributed by atoms with Gasteiger partial charge >= 0.3 is 6.18 Å². The van der Waals surface area contributed by atoms with Gasteiger partial charge in [0, 0.05) is 25.5 Å². The van der Waals surface area contributed by atoms with Crippen molar-refractivity contribution >= 4 is 27.8 Å². The van der Waals surface area contributed by atoms with Gasteiger partial charge in [-0.05, 0) is 15.9 Å². The van der Waals surface area contributed by atoms with Gasteiger partial charge in [-0.3, -0.25) is 4.79 Å². The van der Waals surface area contributed by atoms with Gasteiger partial charge in [-0.2, -0.15) is 13.2 Å². The lowest BCUT2D eigenvalue weighted by atomic mass is 9.95. The number of carbonyl (C=O) groups excluding carboxylic acids is 1. The van der Waals surface area contributed by atoms with Crippen LogP contribution in [-0.2, 0) is 4.79 Å². The molecule has 104 valence electrons. The van der Waals surface area contributed by atoms with Crippen LogP contribution in [0.5, 0.6) is 0 Å². The molecule has 0 aliphatic carbocycles. The van der Waals surface area contributed by atoms with Gasteiger partial charge in [0.05, 0.1) is 16.3 Å². The summed E-state index contributed by atoms with van der Waals surface area (Å²) in [5.41, 5.74) is 5.04. The first-order valence-corrected chi connectivity index (χ1v) is 6.17. The summed E-state index contributed by atoms with van der Waals surface area (Å²) in [5, 5.41) is 0. The van der Waals surface area contributed by atoms with E-state index in [4.69, 9.17) is 5.73 Å². The molecule has 1 aliphatic rings. The molecule has 19 heavy (non-hydrogen) atoms. The Morgan fingerprint density at radius 2 is 1.95 bits per heavy atom. The molecule has 0 aromatic carbocycles. The second-order valence-electron chi connectivity index (χ2n) is 4.26. The van der Waals surface area contributed by atoms with Crippen LogP contribution in [0.15, 0.2) is 16.9 Å². The number of nitrogens with two attached hydrogens (primary N) is 1. The van der Waals surface area contributed by atoms with E-state index >= 15 is 0 Å². The Kier molecular flexibility index (Phi) is 3.66. The van der Waals surface area contributed by atoms with Crippen LogP contribution < -0.4 is 10.6 Å². The largest absolute Gasteiger partial charge is 0.394 e. The number of hydrogen-bond acceptors (Lipinski definition) is 4. The predicted octanol–water partition coefficient (Wildman–Crippen LogP) is 1.34. The maximum Gasteiger partial charge on any atom is 0.394 e. The number of hydrogen-bond donors (Lipinski definition) is 1. The molecule has 2 atom stereocenters. The SMILES string of the molecule is NC(=O)[C@@H]1CN(c2ncc(Br)cn2)C[C@H]1C(F)(F)F. The average molecular weight is 339 g/mol. The smallest absolute Gasteiger partial charge is 0.369 e. The van der Waals surface area contributed by atoms with Gasteiger partial charge in [0.25, 0.3) is 0 Å². The van der Waals surface area contributed by atoms with Crippen molar-refractivity contribution in [2.75, 3.05) is 18.0 Å². The van der Waals surface area contributed by atoms with Crippen LogP contribution in [-0.4, -0.2) is 35.1 Å². The first-order chi connectivity index (χ1) is 8.79. The minimum absolute atomic E-state index is 0.124. The van der Waals surface area contributed by atoms with Gasteiger partial charge in [-0.15, -0.1) is 0 Å². The second-order valence-corrected chi connectivity index (χ2v) is 5.18. The third kappa shape index (κ3) is 2.96. The van der Waals surface area contributed by atoms with E-state index in [1.807, 2.05) is 0 Å². The molecule has 1 aromatic heterocycles. The van der Waals surface area contributed by atoms with E-state index in [0.29, 0.717) is 4.47 Å². The van der Waals surface area contributed by atoms with Crippen LogP contribution in [0.3, 0.4) is 0 Å². The summed E-state index contributed by atoms with van der Waals surface area (Å²) in [6, 6.07) is 0. The third-order valence-corrected chi connectivity index (χ3v) is 3.40. The molecular weight excluding hydrogens is 329 g/mol. The van der Waals surface area contributed by atoms with E-state index in [-0.39, 0.29) is 19.0 Å². The highest BCUT2D eigenvalue weighted by Gasteiger charge is 2.52. The fourth-order valence-corrected chi connectivity index (χ4v) is 2.26. The highest BCUT2D eigenvalue weighted by molar-refractivity contribution is 9.10. The van der Waals surface area contributed by atoms with Gasteiger partial charge in [0.15, 0.2) is 0 Å². The number of primary amides is 1. The topological polar surface area (TPSA) is 72.1 Å². The quantitative estimate of drug-likeness (QED) is 0.883. The zero-order chi connectivity index (χ0) is 14.2. The van der Waals surface area contributed by atoms with E-state index in [9.17, 15) is 18.0 Å². The highest BCUT2D eigenvalue weighted by atomic mass is 79.9. The van der Waals surface area contributed by atoms with Crippen molar-refractivity contribution in [3.05, 3.63) is 16.9 Å². The Morgan fingerprint density at radius 1 is 1.37 bits per heavy atom. The number of anilines is 1. The van der Waals surface area contributed by atoms with E-state index in [0.717, 1.165) is 0 Å². The van der Waals surface area contributed by atoms with E-state index in [2.05, 4.69) is 25.9 Å². The molecule has 0 unspecified atom stereocenters. The lowest BCUT2D eigenvalue weighted by molar-refractivity contribution is -0.181. The molecule has 1 amide bonds. The highest BCUT2D eigenvalue weighted by Crippen LogP contribution is 2.38. The van der Waals surface area contributed by atoms with Crippen molar-refractivity contribution in [1.82, 2.24) is 9.97 Å². The number of nitrogens with zero attached hydrogens (tertiary/aromatic N) is 3. The number of amides is 1. The van der Waals surface area contributed by atoms with E-state index < -0.39 is 23.9 Å². The molecule has 9 heteroatoms. The van der Waals surface area contributed by atoms with Crippen LogP contribution in [0.25, 0.3) is 0 Å². The minimum atomic E-state index is -4.47. The standard InChI is InChI=1S/C10H10BrF3N4O/c11-5-1-16-9(17-2-5)18-3-6(8(15)19)7(4-18)10(12,13)14/h1-2,6-7H,3-4H2,(H2,15,19)/t6-,7-/m1/s1. The Balaban J connectivity index is 2.23. The van der Waals surface area contributed by atoms with E-state index in [1.165, 1.54) is 17.3 Å². The fourth-order valence-electron chi connectivity index (χ4n) is 2.06. The molecule has 5 nitrogen and oxygen atoms in total. The van der Waals surface area contributed by atoms with Gasteiger partial charge in [-0.1, -0.05) is 0 Å². The molecule has 1 aliphatic heterocycles. The number of aromatic nitrogens is 2. The Bertz CT molecular complexity index is 479. The molecule has 0 spiro atoms. The molecule has 1 fully saturated rings.